The predicted octanol–water partition coefficient (Wildman–Crippen LogP) is 2.00. The minimum atomic E-state index is -0.949. The van der Waals surface area contributed by atoms with Crippen LogP contribution in [0, 0.1) is 11.8 Å². The number of aliphatic carboxylic acids is 1. The number of halogens is 1. The van der Waals surface area contributed by atoms with Crippen LogP contribution in [0.2, 0.25) is 5.02 Å². The largest absolute Gasteiger partial charge is 0.550 e. The first-order valence-corrected chi connectivity index (χ1v) is 7.23. The van der Waals surface area contributed by atoms with E-state index in [0.29, 0.717) is 24.3 Å². The fraction of sp³-hybridized carbons (Fsp3) is 0.467. The third-order valence-corrected chi connectivity index (χ3v) is 4.44. The fourth-order valence-corrected chi connectivity index (χ4v) is 3.16. The predicted molar refractivity (Wildman–Crippen MR) is 73.3 cm³/mol. The summed E-state index contributed by atoms with van der Waals surface area (Å²) in [7, 11) is 0. The lowest BCUT2D eigenvalue weighted by Gasteiger charge is -2.15. The van der Waals surface area contributed by atoms with Crippen LogP contribution < -0.4 is 5.11 Å². The van der Waals surface area contributed by atoms with Gasteiger partial charge in [0.1, 0.15) is 6.10 Å². The molecule has 2 aliphatic rings. The van der Waals surface area contributed by atoms with E-state index in [1.165, 1.54) is 0 Å². The first kappa shape index (κ1) is 13.4. The van der Waals surface area contributed by atoms with E-state index >= 15 is 0 Å². The van der Waals surface area contributed by atoms with Gasteiger partial charge in [-0.2, -0.15) is 0 Å². The molecule has 0 saturated heterocycles. The van der Waals surface area contributed by atoms with E-state index in [9.17, 15) is 9.90 Å². The molecule has 0 spiro atoms. The number of carboxylic acids is 1. The van der Waals surface area contributed by atoms with Crippen LogP contribution in [0.4, 0.5) is 0 Å². The van der Waals surface area contributed by atoms with Crippen molar-refractivity contribution in [3.05, 3.63) is 34.9 Å². The number of carboxylic acid groups (broad SMARTS) is 1. The van der Waals surface area contributed by atoms with Gasteiger partial charge in [0.2, 0.25) is 0 Å². The van der Waals surface area contributed by atoms with Crippen LogP contribution in [-0.4, -0.2) is 17.8 Å². The van der Waals surface area contributed by atoms with E-state index in [0.717, 1.165) is 17.7 Å². The Morgan fingerprint density at radius 1 is 1.20 bits per heavy atom. The molecule has 3 atom stereocenters. The monoisotopic (exact) mass is 292 g/mol. The number of hydrogen-bond acceptors (Lipinski definition) is 4. The summed E-state index contributed by atoms with van der Waals surface area (Å²) >= 11 is 5.89. The Morgan fingerprint density at radius 2 is 1.90 bits per heavy atom. The summed E-state index contributed by atoms with van der Waals surface area (Å²) in [5.41, 5.74) is 1.90. The van der Waals surface area contributed by atoms with Crippen LogP contribution in [-0.2, 0) is 9.63 Å². The van der Waals surface area contributed by atoms with Crippen LogP contribution in [0.3, 0.4) is 0 Å². The quantitative estimate of drug-likeness (QED) is 0.837. The Kier molecular flexibility index (Phi) is 3.66. The van der Waals surface area contributed by atoms with Gasteiger partial charge in [0, 0.05) is 16.9 Å². The molecule has 0 radical (unpaired) electrons. The summed E-state index contributed by atoms with van der Waals surface area (Å²) in [5.74, 6) is -1.15. The van der Waals surface area contributed by atoms with Crippen molar-refractivity contribution in [1.29, 1.82) is 0 Å². The zero-order valence-corrected chi connectivity index (χ0v) is 11.7. The molecule has 1 heterocycles. The number of benzene rings is 1. The lowest BCUT2D eigenvalue weighted by molar-refractivity contribution is -0.312. The molecule has 1 saturated carbocycles. The molecule has 0 N–H and O–H groups in total. The fourth-order valence-electron chi connectivity index (χ4n) is 3.03. The Labute approximate surface area is 122 Å². The van der Waals surface area contributed by atoms with Gasteiger partial charge < -0.3 is 14.7 Å². The number of fused-ring (bicyclic) bond motifs is 1. The molecular weight excluding hydrogens is 278 g/mol. The number of hydrogen-bond donors (Lipinski definition) is 0. The molecule has 5 heteroatoms. The lowest BCUT2D eigenvalue weighted by atomic mass is 9.89. The average Bonchev–Trinajstić information content (AvgIpc) is 2.71. The van der Waals surface area contributed by atoms with Crippen molar-refractivity contribution in [2.45, 2.75) is 31.8 Å². The lowest BCUT2D eigenvalue weighted by Crippen LogP contribution is -2.31. The second-order valence-corrected chi connectivity index (χ2v) is 5.84. The molecule has 1 aromatic rings. The molecule has 0 bridgehead atoms. The van der Waals surface area contributed by atoms with Crippen molar-refractivity contribution in [1.82, 2.24) is 0 Å². The second kappa shape index (κ2) is 5.44. The molecule has 1 aromatic carbocycles. The highest BCUT2D eigenvalue weighted by Gasteiger charge is 2.37. The summed E-state index contributed by atoms with van der Waals surface area (Å²) in [5, 5.41) is 15.9. The first-order valence-electron chi connectivity index (χ1n) is 6.85. The van der Waals surface area contributed by atoms with Crippen molar-refractivity contribution < 1.29 is 14.7 Å². The molecule has 1 fully saturated rings. The summed E-state index contributed by atoms with van der Waals surface area (Å²) in [4.78, 5) is 16.5. The molecule has 3 rings (SSSR count). The molecule has 1 aliphatic carbocycles. The normalized spacial score (nSPS) is 29.1. The van der Waals surface area contributed by atoms with Crippen LogP contribution >= 0.6 is 11.6 Å². The molecule has 0 aromatic heterocycles. The summed E-state index contributed by atoms with van der Waals surface area (Å²) in [6.07, 6.45) is 2.70. The van der Waals surface area contributed by atoms with Gasteiger partial charge in [-0.3, -0.25) is 0 Å². The van der Waals surface area contributed by atoms with Gasteiger partial charge in [-0.1, -0.05) is 28.9 Å². The SMILES string of the molecule is O=C([O-])C1CCC2ON=C(c3ccc(Cl)cc3)C2CC1. The van der Waals surface area contributed by atoms with Crippen molar-refractivity contribution in [2.24, 2.45) is 17.0 Å². The zero-order valence-electron chi connectivity index (χ0n) is 10.9. The molecular formula is C15H15ClNO3-. The summed E-state index contributed by atoms with van der Waals surface area (Å²) in [6.45, 7) is 0. The summed E-state index contributed by atoms with van der Waals surface area (Å²) in [6, 6.07) is 7.50. The molecule has 20 heavy (non-hydrogen) atoms. The highest BCUT2D eigenvalue weighted by atomic mass is 35.5. The second-order valence-electron chi connectivity index (χ2n) is 5.40. The smallest absolute Gasteiger partial charge is 0.136 e. The number of carbonyl (C=O) groups is 1. The van der Waals surface area contributed by atoms with Gasteiger partial charge in [-0.05, 0) is 49.3 Å². The molecule has 3 unspecified atom stereocenters. The standard InChI is InChI=1S/C15H16ClNO3/c16-11-5-1-9(2-6-11)14-12-7-3-10(15(18)19)4-8-13(12)20-17-14/h1-2,5-6,10,12-13H,3-4,7-8H2,(H,18,19)/p-1. The van der Waals surface area contributed by atoms with Crippen molar-refractivity contribution >= 4 is 23.3 Å². The van der Waals surface area contributed by atoms with Crippen molar-refractivity contribution in [3.63, 3.8) is 0 Å². The van der Waals surface area contributed by atoms with Crippen molar-refractivity contribution in [2.75, 3.05) is 0 Å². The third-order valence-electron chi connectivity index (χ3n) is 4.19. The van der Waals surface area contributed by atoms with E-state index in [1.54, 1.807) is 0 Å². The Balaban J connectivity index is 1.79. The van der Waals surface area contributed by atoms with Crippen LogP contribution in [0.25, 0.3) is 0 Å². The molecule has 0 amide bonds. The maximum Gasteiger partial charge on any atom is 0.136 e. The van der Waals surface area contributed by atoms with E-state index in [2.05, 4.69) is 5.16 Å². The van der Waals surface area contributed by atoms with Gasteiger partial charge in [-0.25, -0.2) is 0 Å². The van der Waals surface area contributed by atoms with Gasteiger partial charge in [0.25, 0.3) is 0 Å². The van der Waals surface area contributed by atoms with E-state index in [-0.39, 0.29) is 17.9 Å². The molecule has 1 aliphatic heterocycles. The minimum Gasteiger partial charge on any atom is -0.550 e. The van der Waals surface area contributed by atoms with E-state index in [1.807, 2.05) is 24.3 Å². The highest BCUT2D eigenvalue weighted by molar-refractivity contribution is 6.30. The van der Waals surface area contributed by atoms with E-state index < -0.39 is 5.97 Å². The molecule has 4 nitrogen and oxygen atoms in total. The Hall–Kier alpha value is -1.55. The first-order chi connectivity index (χ1) is 9.65. The maximum absolute atomic E-state index is 11.0. The molecule has 106 valence electrons. The number of carbonyl (C=O) groups excluding carboxylic acids is 1. The minimum absolute atomic E-state index is 0.00923. The number of rotatable bonds is 2. The average molecular weight is 293 g/mol. The highest BCUT2D eigenvalue weighted by Crippen LogP contribution is 2.35. The van der Waals surface area contributed by atoms with Gasteiger partial charge >= 0.3 is 0 Å². The Morgan fingerprint density at radius 3 is 2.60 bits per heavy atom. The zero-order chi connectivity index (χ0) is 14.1. The van der Waals surface area contributed by atoms with Crippen LogP contribution in [0.15, 0.2) is 29.4 Å². The summed E-state index contributed by atoms with van der Waals surface area (Å²) < 4.78 is 0. The van der Waals surface area contributed by atoms with Gasteiger partial charge in [0.15, 0.2) is 0 Å². The van der Waals surface area contributed by atoms with E-state index in [4.69, 9.17) is 16.4 Å². The van der Waals surface area contributed by atoms with Crippen LogP contribution in [0.5, 0.6) is 0 Å². The van der Waals surface area contributed by atoms with Gasteiger partial charge in [0.05, 0.1) is 5.71 Å². The third kappa shape index (κ3) is 2.52. The maximum atomic E-state index is 11.0. The topological polar surface area (TPSA) is 61.7 Å². The van der Waals surface area contributed by atoms with Crippen molar-refractivity contribution in [3.8, 4) is 0 Å². The number of oxime groups is 1. The Bertz CT molecular complexity index is 541. The number of nitrogens with zero attached hydrogens (tertiary/aromatic N) is 1. The van der Waals surface area contributed by atoms with Gasteiger partial charge in [-0.15, -0.1) is 0 Å². The van der Waals surface area contributed by atoms with Crippen LogP contribution in [0.1, 0.15) is 31.2 Å².